The number of hydrogen-bond donors (Lipinski definition) is 0. The van der Waals surface area contributed by atoms with E-state index in [1.54, 1.807) is 25.4 Å². The number of rotatable bonds is 3. The molecule has 1 saturated heterocycles. The number of hydrogen-bond acceptors (Lipinski definition) is 5. The van der Waals surface area contributed by atoms with E-state index in [4.69, 9.17) is 16.3 Å². The molecule has 0 aliphatic carbocycles. The molecular weight excluding hydrogens is 354 g/mol. The highest BCUT2D eigenvalue weighted by Crippen LogP contribution is 2.22. The quantitative estimate of drug-likeness (QED) is 0.707. The van der Waals surface area contributed by atoms with Gasteiger partial charge in [0.25, 0.3) is 5.91 Å². The van der Waals surface area contributed by atoms with Crippen molar-refractivity contribution in [3.63, 3.8) is 0 Å². The number of methoxy groups -OCH3 is 1. The van der Waals surface area contributed by atoms with E-state index in [1.807, 2.05) is 23.1 Å². The standard InChI is InChI=1S/C18H18ClN5O2/c1-26-14-4-2-3-13(11-14)22-7-9-23(10-8-22)18(25)15-12-24-17(20-15)6-5-16(19)21-24/h2-6,11-12H,7-10H2,1H3. The third-order valence-electron chi connectivity index (χ3n) is 4.49. The molecule has 4 rings (SSSR count). The number of aromatic nitrogens is 3. The van der Waals surface area contributed by atoms with Gasteiger partial charge in [-0.2, -0.15) is 5.10 Å². The van der Waals surface area contributed by atoms with Gasteiger partial charge in [-0.05, 0) is 24.3 Å². The van der Waals surface area contributed by atoms with Gasteiger partial charge in [0, 0.05) is 37.9 Å². The van der Waals surface area contributed by atoms with Crippen LogP contribution in [0.5, 0.6) is 5.75 Å². The van der Waals surface area contributed by atoms with Gasteiger partial charge in [0.15, 0.2) is 5.65 Å². The SMILES string of the molecule is COc1cccc(N2CCN(C(=O)c3cn4nc(Cl)ccc4n3)CC2)c1. The normalized spacial score (nSPS) is 14.7. The lowest BCUT2D eigenvalue weighted by Crippen LogP contribution is -2.48. The van der Waals surface area contributed by atoms with Crippen LogP contribution in [0.2, 0.25) is 5.15 Å². The molecule has 134 valence electrons. The first kappa shape index (κ1) is 16.7. The number of nitrogens with zero attached hydrogens (tertiary/aromatic N) is 5. The van der Waals surface area contributed by atoms with Gasteiger partial charge in [-0.1, -0.05) is 17.7 Å². The molecule has 1 aromatic carbocycles. The van der Waals surface area contributed by atoms with Crippen LogP contribution in [0.25, 0.3) is 5.65 Å². The van der Waals surface area contributed by atoms with Crippen LogP contribution < -0.4 is 9.64 Å². The summed E-state index contributed by atoms with van der Waals surface area (Å²) in [6, 6.07) is 11.4. The first-order valence-corrected chi connectivity index (χ1v) is 8.72. The Morgan fingerprint density at radius 2 is 1.96 bits per heavy atom. The topological polar surface area (TPSA) is 63.0 Å². The van der Waals surface area contributed by atoms with Crippen molar-refractivity contribution in [2.24, 2.45) is 0 Å². The van der Waals surface area contributed by atoms with Gasteiger partial charge in [-0.3, -0.25) is 4.79 Å². The maximum atomic E-state index is 12.7. The fraction of sp³-hybridized carbons (Fsp3) is 0.278. The summed E-state index contributed by atoms with van der Waals surface area (Å²) in [5, 5.41) is 4.48. The van der Waals surface area contributed by atoms with Crippen molar-refractivity contribution < 1.29 is 9.53 Å². The molecule has 3 heterocycles. The predicted molar refractivity (Wildman–Crippen MR) is 99.1 cm³/mol. The Balaban J connectivity index is 1.45. The van der Waals surface area contributed by atoms with Gasteiger partial charge in [-0.15, -0.1) is 0 Å². The van der Waals surface area contributed by atoms with E-state index < -0.39 is 0 Å². The lowest BCUT2D eigenvalue weighted by molar-refractivity contribution is 0.0741. The Bertz CT molecular complexity index is 950. The number of fused-ring (bicyclic) bond motifs is 1. The number of carbonyl (C=O) groups is 1. The van der Waals surface area contributed by atoms with E-state index in [2.05, 4.69) is 21.0 Å². The average Bonchev–Trinajstić information content (AvgIpc) is 3.10. The molecule has 0 radical (unpaired) electrons. The molecule has 26 heavy (non-hydrogen) atoms. The zero-order valence-electron chi connectivity index (χ0n) is 14.3. The molecule has 1 fully saturated rings. The van der Waals surface area contributed by atoms with Crippen LogP contribution in [0, 0.1) is 0 Å². The molecule has 3 aromatic rings. The molecule has 1 aliphatic rings. The zero-order chi connectivity index (χ0) is 18.1. The zero-order valence-corrected chi connectivity index (χ0v) is 15.1. The predicted octanol–water partition coefficient (Wildman–Crippen LogP) is 2.35. The Morgan fingerprint density at radius 3 is 2.73 bits per heavy atom. The second-order valence-electron chi connectivity index (χ2n) is 6.07. The molecule has 0 saturated carbocycles. The van der Waals surface area contributed by atoms with Crippen LogP contribution in [-0.2, 0) is 0 Å². The Kier molecular flexibility index (Phi) is 4.38. The van der Waals surface area contributed by atoms with Gasteiger partial charge in [0.2, 0.25) is 0 Å². The highest BCUT2D eigenvalue weighted by atomic mass is 35.5. The molecule has 0 bridgehead atoms. The summed E-state index contributed by atoms with van der Waals surface area (Å²) >= 11 is 5.88. The van der Waals surface area contributed by atoms with Crippen molar-refractivity contribution in [2.45, 2.75) is 0 Å². The minimum absolute atomic E-state index is 0.0862. The van der Waals surface area contributed by atoms with Crippen LogP contribution in [0.4, 0.5) is 5.69 Å². The number of halogens is 1. The molecule has 1 aliphatic heterocycles. The summed E-state index contributed by atoms with van der Waals surface area (Å²) in [5.41, 5.74) is 2.09. The Hall–Kier alpha value is -2.80. The van der Waals surface area contributed by atoms with Gasteiger partial charge < -0.3 is 14.5 Å². The number of piperazine rings is 1. The van der Waals surface area contributed by atoms with Crippen LogP contribution in [0.15, 0.2) is 42.6 Å². The van der Waals surface area contributed by atoms with Crippen LogP contribution in [0.3, 0.4) is 0 Å². The second kappa shape index (κ2) is 6.84. The number of imidazole rings is 1. The summed E-state index contributed by atoms with van der Waals surface area (Å²) < 4.78 is 6.81. The van der Waals surface area contributed by atoms with Crippen molar-refractivity contribution in [2.75, 3.05) is 38.2 Å². The maximum absolute atomic E-state index is 12.7. The number of benzene rings is 1. The lowest BCUT2D eigenvalue weighted by Gasteiger charge is -2.35. The fourth-order valence-corrected chi connectivity index (χ4v) is 3.24. The Labute approximate surface area is 155 Å². The molecule has 2 aromatic heterocycles. The minimum atomic E-state index is -0.0862. The third kappa shape index (κ3) is 3.17. The third-order valence-corrected chi connectivity index (χ3v) is 4.69. The Morgan fingerprint density at radius 1 is 1.15 bits per heavy atom. The first-order valence-electron chi connectivity index (χ1n) is 8.34. The number of ether oxygens (including phenoxy) is 1. The van der Waals surface area contributed by atoms with E-state index in [9.17, 15) is 4.79 Å². The molecule has 7 nitrogen and oxygen atoms in total. The van der Waals surface area contributed by atoms with Crippen molar-refractivity contribution in [3.8, 4) is 5.75 Å². The minimum Gasteiger partial charge on any atom is -0.497 e. The van der Waals surface area contributed by atoms with E-state index >= 15 is 0 Å². The first-order chi connectivity index (χ1) is 12.6. The maximum Gasteiger partial charge on any atom is 0.274 e. The molecule has 8 heteroatoms. The van der Waals surface area contributed by atoms with E-state index in [0.717, 1.165) is 24.5 Å². The number of carbonyl (C=O) groups excluding carboxylic acids is 1. The largest absolute Gasteiger partial charge is 0.497 e. The fourth-order valence-electron chi connectivity index (χ4n) is 3.10. The van der Waals surface area contributed by atoms with Gasteiger partial charge in [0.1, 0.15) is 16.6 Å². The molecule has 0 spiro atoms. The van der Waals surface area contributed by atoms with Crippen molar-refractivity contribution >= 4 is 28.8 Å². The van der Waals surface area contributed by atoms with Crippen LogP contribution in [0.1, 0.15) is 10.5 Å². The highest BCUT2D eigenvalue weighted by Gasteiger charge is 2.24. The molecule has 0 N–H and O–H groups in total. The monoisotopic (exact) mass is 371 g/mol. The lowest BCUT2D eigenvalue weighted by atomic mass is 10.2. The van der Waals surface area contributed by atoms with Gasteiger partial charge in [-0.25, -0.2) is 9.50 Å². The summed E-state index contributed by atoms with van der Waals surface area (Å²) in [4.78, 5) is 21.2. The van der Waals surface area contributed by atoms with Crippen molar-refractivity contribution in [3.05, 3.63) is 53.4 Å². The van der Waals surface area contributed by atoms with E-state index in [0.29, 0.717) is 29.6 Å². The van der Waals surface area contributed by atoms with Gasteiger partial charge >= 0.3 is 0 Å². The number of amides is 1. The summed E-state index contributed by atoms with van der Waals surface area (Å²) in [7, 11) is 1.66. The van der Waals surface area contributed by atoms with Crippen molar-refractivity contribution in [1.29, 1.82) is 0 Å². The molecule has 0 atom stereocenters. The van der Waals surface area contributed by atoms with Crippen molar-refractivity contribution in [1.82, 2.24) is 19.5 Å². The molecule has 1 amide bonds. The van der Waals surface area contributed by atoms with E-state index in [1.165, 1.54) is 4.52 Å². The van der Waals surface area contributed by atoms with E-state index in [-0.39, 0.29) is 5.91 Å². The summed E-state index contributed by atoms with van der Waals surface area (Å²) in [6.45, 7) is 2.79. The molecular formula is C18H18ClN5O2. The summed E-state index contributed by atoms with van der Waals surface area (Å²) in [6.07, 6.45) is 1.62. The smallest absolute Gasteiger partial charge is 0.274 e. The highest BCUT2D eigenvalue weighted by molar-refractivity contribution is 6.29. The average molecular weight is 372 g/mol. The number of anilines is 1. The summed E-state index contributed by atoms with van der Waals surface area (Å²) in [5.74, 6) is 0.744. The van der Waals surface area contributed by atoms with Gasteiger partial charge in [0.05, 0.1) is 13.3 Å². The van der Waals surface area contributed by atoms with Crippen LogP contribution >= 0.6 is 11.6 Å². The van der Waals surface area contributed by atoms with Crippen LogP contribution in [-0.4, -0.2) is 58.7 Å². The molecule has 0 unspecified atom stereocenters. The second-order valence-corrected chi connectivity index (χ2v) is 6.45.